The van der Waals surface area contributed by atoms with E-state index in [2.05, 4.69) is 0 Å². The monoisotopic (exact) mass is 295 g/mol. The lowest BCUT2D eigenvalue weighted by atomic mass is 10.0. The average molecular weight is 296 g/mol. The summed E-state index contributed by atoms with van der Waals surface area (Å²) < 4.78 is 18.9. The fourth-order valence-corrected chi connectivity index (χ4v) is 1.84. The summed E-state index contributed by atoms with van der Waals surface area (Å²) in [4.78, 5) is 0. The highest BCUT2D eigenvalue weighted by molar-refractivity contribution is 6.32. The summed E-state index contributed by atoms with van der Waals surface area (Å²) in [5.41, 5.74) is 6.63. The zero-order chi connectivity index (χ0) is 12.8. The third kappa shape index (κ3) is 5.01. The van der Waals surface area contributed by atoms with Crippen LogP contribution in [0.3, 0.4) is 0 Å². The third-order valence-electron chi connectivity index (χ3n) is 2.54. The zero-order valence-electron chi connectivity index (χ0n) is 10.7. The normalized spacial score (nSPS) is 11.8. The number of halogens is 3. The molecule has 0 aliphatic rings. The van der Waals surface area contributed by atoms with Gasteiger partial charge in [0.1, 0.15) is 11.6 Å². The van der Waals surface area contributed by atoms with Crippen LogP contribution in [0.4, 0.5) is 4.39 Å². The lowest BCUT2D eigenvalue weighted by Gasteiger charge is -2.15. The Balaban J connectivity index is 0.00000289. The van der Waals surface area contributed by atoms with Gasteiger partial charge in [0.05, 0.1) is 11.6 Å². The van der Waals surface area contributed by atoms with E-state index in [0.717, 1.165) is 18.4 Å². The molecule has 1 unspecified atom stereocenters. The highest BCUT2D eigenvalue weighted by atomic mass is 35.5. The molecule has 1 aromatic carbocycles. The van der Waals surface area contributed by atoms with Crippen molar-refractivity contribution in [2.75, 3.05) is 6.61 Å². The van der Waals surface area contributed by atoms with E-state index in [1.54, 1.807) is 0 Å². The highest BCUT2D eigenvalue weighted by Crippen LogP contribution is 2.31. The Bertz CT molecular complexity index is 374. The number of hydrogen-bond acceptors (Lipinski definition) is 2. The molecule has 5 heteroatoms. The van der Waals surface area contributed by atoms with E-state index in [1.165, 1.54) is 12.1 Å². The second-order valence-electron chi connectivity index (χ2n) is 4.10. The molecule has 0 aliphatic heterocycles. The number of nitrogens with two attached hydrogens (primary N) is 1. The van der Waals surface area contributed by atoms with Crippen LogP contribution in [-0.2, 0) is 6.42 Å². The van der Waals surface area contributed by atoms with Crippen molar-refractivity contribution in [2.24, 2.45) is 5.73 Å². The van der Waals surface area contributed by atoms with E-state index in [-0.39, 0.29) is 24.3 Å². The Hall–Kier alpha value is -0.510. The van der Waals surface area contributed by atoms with Crippen molar-refractivity contribution in [3.05, 3.63) is 28.5 Å². The molecule has 0 amide bonds. The maximum Gasteiger partial charge on any atom is 0.141 e. The summed E-state index contributed by atoms with van der Waals surface area (Å²) >= 11 is 5.99. The number of rotatable bonds is 6. The van der Waals surface area contributed by atoms with Gasteiger partial charge in [-0.3, -0.25) is 0 Å². The van der Waals surface area contributed by atoms with Crippen LogP contribution in [0.2, 0.25) is 5.02 Å². The van der Waals surface area contributed by atoms with Gasteiger partial charge in [-0.25, -0.2) is 4.39 Å². The molecule has 18 heavy (non-hydrogen) atoms. The molecule has 1 aromatic rings. The minimum absolute atomic E-state index is 0. The van der Waals surface area contributed by atoms with Crippen LogP contribution in [0, 0.1) is 5.82 Å². The smallest absolute Gasteiger partial charge is 0.141 e. The van der Waals surface area contributed by atoms with E-state index >= 15 is 0 Å². The molecule has 0 spiro atoms. The molecule has 0 bridgehead atoms. The minimum Gasteiger partial charge on any atom is -0.492 e. The molecule has 0 fully saturated rings. The molecule has 2 nitrogen and oxygen atoms in total. The molecule has 0 aromatic heterocycles. The molecule has 0 aliphatic carbocycles. The molecular weight excluding hydrogens is 276 g/mol. The molecule has 1 rings (SSSR count). The maximum absolute atomic E-state index is 13.3. The van der Waals surface area contributed by atoms with Crippen LogP contribution in [0.5, 0.6) is 5.75 Å². The van der Waals surface area contributed by atoms with Crippen molar-refractivity contribution in [3.8, 4) is 5.75 Å². The van der Waals surface area contributed by atoms with E-state index in [0.29, 0.717) is 23.8 Å². The first kappa shape index (κ1) is 17.5. The van der Waals surface area contributed by atoms with Crippen LogP contribution in [-0.4, -0.2) is 12.6 Å². The SMILES string of the molecule is CCCOc1c(Cl)cc(F)cc1CC(N)CC.Cl. The largest absolute Gasteiger partial charge is 0.492 e. The van der Waals surface area contributed by atoms with Gasteiger partial charge in [-0.1, -0.05) is 25.4 Å². The van der Waals surface area contributed by atoms with E-state index in [1.807, 2.05) is 13.8 Å². The van der Waals surface area contributed by atoms with Crippen LogP contribution >= 0.6 is 24.0 Å². The maximum atomic E-state index is 13.3. The van der Waals surface area contributed by atoms with Crippen LogP contribution in [0.1, 0.15) is 32.3 Å². The van der Waals surface area contributed by atoms with Crippen molar-refractivity contribution in [3.63, 3.8) is 0 Å². The van der Waals surface area contributed by atoms with Gasteiger partial charge in [0.15, 0.2) is 0 Å². The van der Waals surface area contributed by atoms with Crippen LogP contribution in [0.15, 0.2) is 12.1 Å². The Labute approximate surface area is 119 Å². The van der Waals surface area contributed by atoms with Gasteiger partial charge in [0, 0.05) is 11.6 Å². The van der Waals surface area contributed by atoms with Gasteiger partial charge < -0.3 is 10.5 Å². The number of ether oxygens (including phenoxy) is 1. The Morgan fingerprint density at radius 3 is 2.61 bits per heavy atom. The number of hydrogen-bond donors (Lipinski definition) is 1. The average Bonchev–Trinajstić information content (AvgIpc) is 2.27. The zero-order valence-corrected chi connectivity index (χ0v) is 12.3. The molecule has 0 saturated carbocycles. The van der Waals surface area contributed by atoms with Gasteiger partial charge in [-0.15, -0.1) is 12.4 Å². The second kappa shape index (κ2) is 8.57. The highest BCUT2D eigenvalue weighted by Gasteiger charge is 2.13. The van der Waals surface area contributed by atoms with E-state index in [9.17, 15) is 4.39 Å². The van der Waals surface area contributed by atoms with Crippen molar-refractivity contribution >= 4 is 24.0 Å². The molecule has 0 heterocycles. The first-order chi connectivity index (χ1) is 8.08. The Kier molecular flexibility index (Phi) is 8.32. The lowest BCUT2D eigenvalue weighted by molar-refractivity contribution is 0.313. The summed E-state index contributed by atoms with van der Waals surface area (Å²) in [7, 11) is 0. The van der Waals surface area contributed by atoms with Crippen LogP contribution < -0.4 is 10.5 Å². The predicted octanol–water partition coefficient (Wildman–Crippen LogP) is 3.97. The first-order valence-electron chi connectivity index (χ1n) is 5.94. The molecular formula is C13H20Cl2FNO. The van der Waals surface area contributed by atoms with Gasteiger partial charge in [-0.2, -0.15) is 0 Å². The quantitative estimate of drug-likeness (QED) is 0.862. The predicted molar refractivity (Wildman–Crippen MR) is 76.4 cm³/mol. The molecule has 0 radical (unpaired) electrons. The topological polar surface area (TPSA) is 35.2 Å². The fourth-order valence-electron chi connectivity index (χ4n) is 1.56. The van der Waals surface area contributed by atoms with Crippen molar-refractivity contribution in [1.29, 1.82) is 0 Å². The molecule has 1 atom stereocenters. The standard InChI is InChI=1S/C13H19ClFNO.ClH/c1-3-5-17-13-9(7-11(16)4-2)6-10(15)8-12(13)14;/h6,8,11H,3-5,7,16H2,1-2H3;1H. The molecule has 104 valence electrons. The third-order valence-corrected chi connectivity index (χ3v) is 2.82. The van der Waals surface area contributed by atoms with E-state index < -0.39 is 0 Å². The van der Waals surface area contributed by atoms with E-state index in [4.69, 9.17) is 22.1 Å². The van der Waals surface area contributed by atoms with Crippen molar-refractivity contribution in [2.45, 2.75) is 39.2 Å². The van der Waals surface area contributed by atoms with Gasteiger partial charge in [-0.05, 0) is 31.4 Å². The van der Waals surface area contributed by atoms with Gasteiger partial charge in [0.2, 0.25) is 0 Å². The van der Waals surface area contributed by atoms with Gasteiger partial charge >= 0.3 is 0 Å². The molecule has 0 saturated heterocycles. The second-order valence-corrected chi connectivity index (χ2v) is 4.50. The first-order valence-corrected chi connectivity index (χ1v) is 6.32. The summed E-state index contributed by atoms with van der Waals surface area (Å²) in [6.07, 6.45) is 2.29. The van der Waals surface area contributed by atoms with Crippen molar-refractivity contribution < 1.29 is 9.13 Å². The Morgan fingerprint density at radius 2 is 2.06 bits per heavy atom. The summed E-state index contributed by atoms with van der Waals surface area (Å²) in [6.45, 7) is 4.58. The number of benzene rings is 1. The minimum atomic E-state index is -0.350. The van der Waals surface area contributed by atoms with Crippen molar-refractivity contribution in [1.82, 2.24) is 0 Å². The summed E-state index contributed by atoms with van der Waals surface area (Å²) in [5.74, 6) is 0.218. The summed E-state index contributed by atoms with van der Waals surface area (Å²) in [6, 6.07) is 2.72. The fraction of sp³-hybridized carbons (Fsp3) is 0.538. The molecule has 2 N–H and O–H groups in total. The van der Waals surface area contributed by atoms with Gasteiger partial charge in [0.25, 0.3) is 0 Å². The lowest BCUT2D eigenvalue weighted by Crippen LogP contribution is -2.22. The van der Waals surface area contributed by atoms with Crippen LogP contribution in [0.25, 0.3) is 0 Å². The Morgan fingerprint density at radius 1 is 1.39 bits per heavy atom. The summed E-state index contributed by atoms with van der Waals surface area (Å²) in [5, 5.41) is 0.316.